The van der Waals surface area contributed by atoms with Gasteiger partial charge in [-0.15, -0.1) is 0 Å². The first-order chi connectivity index (χ1) is 16.0. The van der Waals surface area contributed by atoms with Gasteiger partial charge in [0.2, 0.25) is 0 Å². The van der Waals surface area contributed by atoms with Gasteiger partial charge in [-0.05, 0) is 35.9 Å². The number of ether oxygens (including phenoxy) is 3. The first-order valence-electron chi connectivity index (χ1n) is 10.8. The van der Waals surface area contributed by atoms with Gasteiger partial charge in [0.1, 0.15) is 5.76 Å². The summed E-state index contributed by atoms with van der Waals surface area (Å²) < 4.78 is 16.0. The Labute approximate surface area is 192 Å². The lowest BCUT2D eigenvalue weighted by atomic mass is 9.96. The van der Waals surface area contributed by atoms with Gasteiger partial charge in [-0.3, -0.25) is 19.5 Å². The molecule has 0 radical (unpaired) electrons. The second kappa shape index (κ2) is 10.0. The van der Waals surface area contributed by atoms with Crippen molar-refractivity contribution in [3.63, 3.8) is 0 Å². The molecule has 0 aliphatic carbocycles. The van der Waals surface area contributed by atoms with Crippen LogP contribution in [0.1, 0.15) is 17.2 Å². The Morgan fingerprint density at radius 1 is 1.06 bits per heavy atom. The van der Waals surface area contributed by atoms with E-state index in [-0.39, 0.29) is 11.3 Å². The Bertz CT molecular complexity index is 1050. The van der Waals surface area contributed by atoms with E-state index in [2.05, 4.69) is 9.88 Å². The SMILES string of the molecule is COc1ccc(/C(O)=C2\C(=O)C(=O)N(CCN3CCOCC3)[C@@H]2c2ccncc2)cc1OC. The minimum atomic E-state index is -0.720. The summed E-state index contributed by atoms with van der Waals surface area (Å²) in [5.74, 6) is -0.711. The molecule has 0 saturated carbocycles. The van der Waals surface area contributed by atoms with Gasteiger partial charge < -0.3 is 24.2 Å². The van der Waals surface area contributed by atoms with Gasteiger partial charge in [0, 0.05) is 44.1 Å². The van der Waals surface area contributed by atoms with Gasteiger partial charge in [0.15, 0.2) is 11.5 Å². The summed E-state index contributed by atoms with van der Waals surface area (Å²) in [5, 5.41) is 11.2. The Morgan fingerprint density at radius 2 is 1.76 bits per heavy atom. The second-order valence-electron chi connectivity index (χ2n) is 7.80. The lowest BCUT2D eigenvalue weighted by Crippen LogP contribution is -2.42. The van der Waals surface area contributed by atoms with Crippen molar-refractivity contribution in [3.8, 4) is 11.5 Å². The zero-order valence-electron chi connectivity index (χ0n) is 18.7. The molecule has 9 heteroatoms. The van der Waals surface area contributed by atoms with Crippen LogP contribution in [0.4, 0.5) is 0 Å². The number of rotatable bonds is 7. The van der Waals surface area contributed by atoms with Crippen LogP contribution in [0, 0.1) is 0 Å². The highest BCUT2D eigenvalue weighted by Crippen LogP contribution is 2.40. The fraction of sp³-hybridized carbons (Fsp3) is 0.375. The smallest absolute Gasteiger partial charge is 0.295 e. The molecule has 33 heavy (non-hydrogen) atoms. The second-order valence-corrected chi connectivity index (χ2v) is 7.80. The molecule has 174 valence electrons. The van der Waals surface area contributed by atoms with Crippen LogP contribution >= 0.6 is 0 Å². The maximum absolute atomic E-state index is 13.1. The zero-order chi connectivity index (χ0) is 23.4. The largest absolute Gasteiger partial charge is 0.507 e. The number of aliphatic hydroxyl groups excluding tert-OH is 1. The number of hydrogen-bond acceptors (Lipinski definition) is 8. The number of hydrogen-bond donors (Lipinski definition) is 1. The molecule has 9 nitrogen and oxygen atoms in total. The predicted molar refractivity (Wildman–Crippen MR) is 120 cm³/mol. The molecular formula is C24H27N3O6. The van der Waals surface area contributed by atoms with E-state index >= 15 is 0 Å². The van der Waals surface area contributed by atoms with E-state index in [4.69, 9.17) is 14.2 Å². The van der Waals surface area contributed by atoms with Crippen LogP contribution in [0.15, 0.2) is 48.3 Å². The number of aromatic nitrogens is 1. The normalized spacial score (nSPS) is 20.8. The summed E-state index contributed by atoms with van der Waals surface area (Å²) in [6.45, 7) is 3.79. The molecule has 1 amide bonds. The number of pyridine rings is 1. The highest BCUT2D eigenvalue weighted by molar-refractivity contribution is 6.46. The molecule has 0 bridgehead atoms. The number of morpholine rings is 1. The van der Waals surface area contributed by atoms with E-state index in [1.54, 1.807) is 42.7 Å². The highest BCUT2D eigenvalue weighted by atomic mass is 16.5. The van der Waals surface area contributed by atoms with Crippen LogP contribution in [0.2, 0.25) is 0 Å². The maximum Gasteiger partial charge on any atom is 0.295 e. The van der Waals surface area contributed by atoms with Crippen LogP contribution in [0.25, 0.3) is 5.76 Å². The van der Waals surface area contributed by atoms with E-state index < -0.39 is 17.7 Å². The standard InChI is InChI=1S/C24H27N3O6/c1-31-18-4-3-17(15-19(18)32-2)22(28)20-21(16-5-7-25-8-6-16)27(24(30)23(20)29)10-9-26-11-13-33-14-12-26/h3-8,15,21,28H,9-14H2,1-2H3/b22-20+/t21-/m1/s1. The van der Waals surface area contributed by atoms with Gasteiger partial charge in [-0.25, -0.2) is 0 Å². The molecule has 4 rings (SSSR count). The number of ketones is 1. The molecule has 2 saturated heterocycles. The molecule has 0 spiro atoms. The first-order valence-corrected chi connectivity index (χ1v) is 10.8. The zero-order valence-corrected chi connectivity index (χ0v) is 18.7. The van der Waals surface area contributed by atoms with Crippen LogP contribution in [-0.2, 0) is 14.3 Å². The number of amides is 1. The van der Waals surface area contributed by atoms with E-state index in [0.29, 0.717) is 48.9 Å². The van der Waals surface area contributed by atoms with Crippen molar-refractivity contribution >= 4 is 17.4 Å². The lowest BCUT2D eigenvalue weighted by molar-refractivity contribution is -0.140. The van der Waals surface area contributed by atoms with E-state index in [1.165, 1.54) is 19.1 Å². The van der Waals surface area contributed by atoms with Crippen molar-refractivity contribution in [1.82, 2.24) is 14.8 Å². The quantitative estimate of drug-likeness (QED) is 0.385. The molecular weight excluding hydrogens is 426 g/mol. The third kappa shape index (κ3) is 4.55. The maximum atomic E-state index is 13.1. The van der Waals surface area contributed by atoms with Crippen molar-refractivity contribution in [2.45, 2.75) is 6.04 Å². The highest BCUT2D eigenvalue weighted by Gasteiger charge is 2.46. The number of aliphatic hydroxyl groups is 1. The minimum absolute atomic E-state index is 0.0420. The molecule has 1 aromatic heterocycles. The van der Waals surface area contributed by atoms with Gasteiger partial charge in [-0.2, -0.15) is 0 Å². The van der Waals surface area contributed by atoms with Gasteiger partial charge >= 0.3 is 0 Å². The van der Waals surface area contributed by atoms with Crippen molar-refractivity contribution in [2.24, 2.45) is 0 Å². The van der Waals surface area contributed by atoms with Crippen molar-refractivity contribution < 1.29 is 28.9 Å². The Morgan fingerprint density at radius 3 is 2.42 bits per heavy atom. The Kier molecular flexibility index (Phi) is 6.90. The summed E-state index contributed by atoms with van der Waals surface area (Å²) in [6.07, 6.45) is 3.21. The van der Waals surface area contributed by atoms with Crippen LogP contribution in [0.5, 0.6) is 11.5 Å². The molecule has 2 aromatic rings. The monoisotopic (exact) mass is 453 g/mol. The summed E-state index contributed by atoms with van der Waals surface area (Å²) in [4.78, 5) is 34.0. The van der Waals surface area contributed by atoms with Crippen LogP contribution in [-0.4, -0.2) is 85.2 Å². The minimum Gasteiger partial charge on any atom is -0.507 e. The first kappa shape index (κ1) is 22.8. The number of methoxy groups -OCH3 is 2. The summed E-state index contributed by atoms with van der Waals surface area (Å²) in [5.41, 5.74) is 1.10. The molecule has 2 aliphatic rings. The number of benzene rings is 1. The van der Waals surface area contributed by atoms with E-state index in [0.717, 1.165) is 13.1 Å². The number of nitrogens with zero attached hydrogens (tertiary/aromatic N) is 3. The van der Waals surface area contributed by atoms with Crippen LogP contribution < -0.4 is 9.47 Å². The molecule has 2 aliphatic heterocycles. The summed E-state index contributed by atoms with van der Waals surface area (Å²) in [7, 11) is 3.00. The van der Waals surface area contributed by atoms with Crippen molar-refractivity contribution in [1.29, 1.82) is 0 Å². The van der Waals surface area contributed by atoms with Crippen molar-refractivity contribution in [3.05, 3.63) is 59.4 Å². The fourth-order valence-electron chi connectivity index (χ4n) is 4.22. The molecule has 2 fully saturated rings. The number of likely N-dealkylation sites (tertiary alicyclic amines) is 1. The Balaban J connectivity index is 1.73. The average Bonchev–Trinajstić information content (AvgIpc) is 3.12. The number of carbonyl (C=O) groups is 2. The van der Waals surface area contributed by atoms with Gasteiger partial charge in [-0.1, -0.05) is 0 Å². The summed E-state index contributed by atoms with van der Waals surface area (Å²) >= 11 is 0. The topological polar surface area (TPSA) is 101 Å². The van der Waals surface area contributed by atoms with E-state index in [1.807, 2.05) is 0 Å². The third-order valence-corrected chi connectivity index (χ3v) is 5.98. The van der Waals surface area contributed by atoms with Gasteiger partial charge in [0.05, 0.1) is 39.0 Å². The Hall–Kier alpha value is -3.43. The van der Waals surface area contributed by atoms with Gasteiger partial charge in [0.25, 0.3) is 11.7 Å². The molecule has 1 atom stereocenters. The van der Waals surface area contributed by atoms with Crippen LogP contribution in [0.3, 0.4) is 0 Å². The lowest BCUT2D eigenvalue weighted by Gasteiger charge is -2.31. The average molecular weight is 453 g/mol. The molecule has 3 heterocycles. The number of carbonyl (C=O) groups excluding carboxylic acids is 2. The molecule has 1 N–H and O–H groups in total. The third-order valence-electron chi connectivity index (χ3n) is 5.98. The predicted octanol–water partition coefficient (Wildman–Crippen LogP) is 1.85. The molecule has 1 aromatic carbocycles. The van der Waals surface area contributed by atoms with E-state index in [9.17, 15) is 14.7 Å². The molecule has 0 unspecified atom stereocenters. The fourth-order valence-corrected chi connectivity index (χ4v) is 4.22. The summed E-state index contributed by atoms with van der Waals surface area (Å²) in [6, 6.07) is 7.63. The number of Topliss-reactive ketones (excluding diaryl/α,β-unsaturated/α-hetero) is 1. The van der Waals surface area contributed by atoms with Crippen molar-refractivity contribution in [2.75, 3.05) is 53.6 Å².